The summed E-state index contributed by atoms with van der Waals surface area (Å²) < 4.78 is 37.1. The fourth-order valence-corrected chi connectivity index (χ4v) is 2.11. The highest BCUT2D eigenvalue weighted by molar-refractivity contribution is 5.65. The van der Waals surface area contributed by atoms with Gasteiger partial charge in [-0.1, -0.05) is 30.3 Å². The lowest BCUT2D eigenvalue weighted by Crippen LogP contribution is -2.14. The lowest BCUT2D eigenvalue weighted by molar-refractivity contribution is -0.142. The molecule has 0 aliphatic rings. The largest absolute Gasteiger partial charge is 0.463 e. The molecule has 0 amide bonds. The van der Waals surface area contributed by atoms with Gasteiger partial charge in [0, 0.05) is 6.92 Å². The second-order valence-electron chi connectivity index (χ2n) is 5.94. The van der Waals surface area contributed by atoms with Crippen molar-refractivity contribution < 1.29 is 38.0 Å². The quantitative estimate of drug-likeness (QED) is 0.236. The van der Waals surface area contributed by atoms with E-state index in [4.69, 9.17) is 33.2 Å². The normalized spacial score (nSPS) is 10.9. The average molecular weight is 414 g/mol. The van der Waals surface area contributed by atoms with E-state index < -0.39 is 0 Å². The third-order valence-corrected chi connectivity index (χ3v) is 3.50. The van der Waals surface area contributed by atoms with E-state index in [1.807, 2.05) is 30.3 Å². The summed E-state index contributed by atoms with van der Waals surface area (Å²) >= 11 is 0. The van der Waals surface area contributed by atoms with Crippen molar-refractivity contribution in [1.29, 1.82) is 0 Å². The Morgan fingerprint density at radius 2 is 0.966 bits per heavy atom. The van der Waals surface area contributed by atoms with Crippen LogP contribution in [-0.2, 0) is 44.6 Å². The van der Waals surface area contributed by atoms with Crippen LogP contribution in [0.4, 0.5) is 0 Å². The van der Waals surface area contributed by atoms with Crippen LogP contribution in [0.15, 0.2) is 30.3 Å². The summed E-state index contributed by atoms with van der Waals surface area (Å²) in [6, 6.07) is 10.1. The molecular weight excluding hydrogens is 380 g/mol. The molecule has 0 fully saturated rings. The molecule has 0 radical (unpaired) electrons. The number of benzene rings is 1. The molecule has 0 bridgehead atoms. The number of carbonyl (C=O) groups excluding carboxylic acids is 1. The molecule has 0 spiro atoms. The minimum absolute atomic E-state index is 0.269. The minimum Gasteiger partial charge on any atom is -0.463 e. The molecule has 0 unspecified atom stereocenters. The zero-order valence-electron chi connectivity index (χ0n) is 17.3. The maximum atomic E-state index is 10.5. The van der Waals surface area contributed by atoms with Crippen LogP contribution in [0.5, 0.6) is 0 Å². The standard InChI is InChI=1S/C21H34O8/c1-20(22)29-18-17-27-14-13-25-10-9-23-7-8-24-11-12-26-15-16-28-19-21-5-3-2-4-6-21/h2-6H,7-19H2,1H3. The lowest BCUT2D eigenvalue weighted by Gasteiger charge is -2.08. The minimum atomic E-state index is -0.303. The molecule has 0 atom stereocenters. The molecule has 0 aliphatic carbocycles. The van der Waals surface area contributed by atoms with Gasteiger partial charge in [0.15, 0.2) is 0 Å². The van der Waals surface area contributed by atoms with Crippen LogP contribution < -0.4 is 0 Å². The van der Waals surface area contributed by atoms with Crippen molar-refractivity contribution in [3.05, 3.63) is 35.9 Å². The number of hydrogen-bond acceptors (Lipinski definition) is 8. The van der Waals surface area contributed by atoms with Gasteiger partial charge in [-0.25, -0.2) is 0 Å². The van der Waals surface area contributed by atoms with Crippen LogP contribution in [0, 0.1) is 0 Å². The predicted octanol–water partition coefficient (Wildman–Crippen LogP) is 1.85. The molecule has 1 aromatic rings. The molecule has 0 aromatic heterocycles. The molecular formula is C21H34O8. The van der Waals surface area contributed by atoms with E-state index in [2.05, 4.69) is 0 Å². The van der Waals surface area contributed by atoms with Crippen molar-refractivity contribution in [2.45, 2.75) is 13.5 Å². The number of carbonyl (C=O) groups is 1. The molecule has 166 valence electrons. The molecule has 1 rings (SSSR count). The van der Waals surface area contributed by atoms with E-state index in [-0.39, 0.29) is 12.6 Å². The Morgan fingerprint density at radius 3 is 1.38 bits per heavy atom. The first-order chi connectivity index (χ1) is 14.3. The van der Waals surface area contributed by atoms with Crippen LogP contribution in [-0.4, -0.2) is 85.3 Å². The molecule has 8 nitrogen and oxygen atoms in total. The summed E-state index contributed by atoms with van der Waals surface area (Å²) in [5.74, 6) is -0.303. The highest BCUT2D eigenvalue weighted by atomic mass is 16.6. The van der Waals surface area contributed by atoms with Gasteiger partial charge in [-0.05, 0) is 5.56 Å². The summed E-state index contributed by atoms with van der Waals surface area (Å²) in [5, 5.41) is 0. The highest BCUT2D eigenvalue weighted by Crippen LogP contribution is 1.99. The second-order valence-corrected chi connectivity index (χ2v) is 5.94. The fourth-order valence-electron chi connectivity index (χ4n) is 2.11. The predicted molar refractivity (Wildman–Crippen MR) is 107 cm³/mol. The summed E-state index contributed by atoms with van der Waals surface area (Å²) in [6.45, 7) is 7.78. The van der Waals surface area contributed by atoms with Crippen LogP contribution in [0.25, 0.3) is 0 Å². The smallest absolute Gasteiger partial charge is 0.302 e. The SMILES string of the molecule is CC(=O)OCCOCCOCCOCCOCCOCCOCc1ccccc1. The Hall–Kier alpha value is -1.55. The third kappa shape index (κ3) is 18.2. The Balaban J connectivity index is 1.67. The zero-order valence-corrected chi connectivity index (χ0v) is 17.3. The Bertz CT molecular complexity index is 483. The number of ether oxygens (including phenoxy) is 7. The molecule has 0 N–H and O–H groups in total. The van der Waals surface area contributed by atoms with E-state index in [1.54, 1.807) is 0 Å². The van der Waals surface area contributed by atoms with Gasteiger partial charge < -0.3 is 33.2 Å². The van der Waals surface area contributed by atoms with Gasteiger partial charge in [0.1, 0.15) is 6.61 Å². The molecule has 0 saturated heterocycles. The van der Waals surface area contributed by atoms with Gasteiger partial charge in [-0.3, -0.25) is 4.79 Å². The van der Waals surface area contributed by atoms with Crippen LogP contribution in [0.2, 0.25) is 0 Å². The summed E-state index contributed by atoms with van der Waals surface area (Å²) in [4.78, 5) is 10.5. The van der Waals surface area contributed by atoms with E-state index in [9.17, 15) is 4.79 Å². The van der Waals surface area contributed by atoms with Gasteiger partial charge in [-0.2, -0.15) is 0 Å². The van der Waals surface area contributed by atoms with Crippen LogP contribution in [0.3, 0.4) is 0 Å². The van der Waals surface area contributed by atoms with E-state index >= 15 is 0 Å². The Kier molecular flexibility index (Phi) is 17.4. The molecule has 8 heteroatoms. The summed E-state index contributed by atoms with van der Waals surface area (Å²) in [5.41, 5.74) is 1.16. The first-order valence-electron chi connectivity index (χ1n) is 9.93. The van der Waals surface area contributed by atoms with E-state index in [0.29, 0.717) is 79.3 Å². The van der Waals surface area contributed by atoms with Crippen molar-refractivity contribution in [1.82, 2.24) is 0 Å². The molecule has 0 heterocycles. The third-order valence-electron chi connectivity index (χ3n) is 3.50. The number of esters is 1. The topological polar surface area (TPSA) is 81.7 Å². The maximum absolute atomic E-state index is 10.5. The first-order valence-corrected chi connectivity index (χ1v) is 9.93. The highest BCUT2D eigenvalue weighted by Gasteiger charge is 1.96. The van der Waals surface area contributed by atoms with Gasteiger partial charge in [0.2, 0.25) is 0 Å². The Morgan fingerprint density at radius 1 is 0.586 bits per heavy atom. The molecule has 1 aromatic carbocycles. The Labute approximate surface area is 173 Å². The van der Waals surface area contributed by atoms with Gasteiger partial charge in [0.25, 0.3) is 0 Å². The fraction of sp³-hybridized carbons (Fsp3) is 0.667. The van der Waals surface area contributed by atoms with E-state index in [1.165, 1.54) is 6.92 Å². The van der Waals surface area contributed by atoms with E-state index in [0.717, 1.165) is 5.56 Å². The first kappa shape index (κ1) is 25.5. The molecule has 29 heavy (non-hydrogen) atoms. The summed E-state index contributed by atoms with van der Waals surface area (Å²) in [7, 11) is 0. The van der Waals surface area contributed by atoms with Crippen LogP contribution >= 0.6 is 0 Å². The lowest BCUT2D eigenvalue weighted by atomic mass is 10.2. The number of rotatable bonds is 20. The maximum Gasteiger partial charge on any atom is 0.302 e. The monoisotopic (exact) mass is 414 g/mol. The molecule has 0 saturated carbocycles. The number of hydrogen-bond donors (Lipinski definition) is 0. The summed E-state index contributed by atoms with van der Waals surface area (Å²) in [6.07, 6.45) is 0. The second kappa shape index (κ2) is 19.8. The van der Waals surface area contributed by atoms with Crippen molar-refractivity contribution in [3.8, 4) is 0 Å². The average Bonchev–Trinajstić information content (AvgIpc) is 2.73. The zero-order chi connectivity index (χ0) is 20.8. The van der Waals surface area contributed by atoms with Gasteiger partial charge in [0.05, 0.1) is 79.3 Å². The van der Waals surface area contributed by atoms with Crippen molar-refractivity contribution in [3.63, 3.8) is 0 Å². The van der Waals surface area contributed by atoms with Crippen molar-refractivity contribution >= 4 is 5.97 Å². The van der Waals surface area contributed by atoms with Crippen molar-refractivity contribution in [2.24, 2.45) is 0 Å². The van der Waals surface area contributed by atoms with Gasteiger partial charge >= 0.3 is 5.97 Å². The van der Waals surface area contributed by atoms with Crippen molar-refractivity contribution in [2.75, 3.05) is 79.3 Å². The van der Waals surface area contributed by atoms with Crippen LogP contribution in [0.1, 0.15) is 12.5 Å². The molecule has 0 aliphatic heterocycles. The van der Waals surface area contributed by atoms with Gasteiger partial charge in [-0.15, -0.1) is 0 Å².